The molecular weight excluding hydrogens is 380 g/mol. The van der Waals surface area contributed by atoms with Gasteiger partial charge in [0.05, 0.1) is 23.2 Å². The Balaban J connectivity index is 1.56. The molecule has 0 saturated heterocycles. The van der Waals surface area contributed by atoms with Crippen molar-refractivity contribution in [2.45, 2.75) is 19.4 Å². The third-order valence-electron chi connectivity index (χ3n) is 4.75. The predicted molar refractivity (Wildman–Crippen MR) is 106 cm³/mol. The van der Waals surface area contributed by atoms with Gasteiger partial charge in [-0.25, -0.2) is 0 Å². The molecule has 7 heteroatoms. The smallest absolute Gasteiger partial charge is 0.226 e. The van der Waals surface area contributed by atoms with Gasteiger partial charge in [0.25, 0.3) is 0 Å². The lowest BCUT2D eigenvalue weighted by Crippen LogP contribution is -2.33. The van der Waals surface area contributed by atoms with Gasteiger partial charge in [0.2, 0.25) is 11.8 Å². The molecule has 2 aliphatic heterocycles. The van der Waals surface area contributed by atoms with Crippen molar-refractivity contribution in [3.05, 3.63) is 58.7 Å². The van der Waals surface area contributed by atoms with Crippen molar-refractivity contribution in [1.29, 1.82) is 0 Å². The zero-order valence-electron chi connectivity index (χ0n) is 15.3. The molecule has 0 aromatic heterocycles. The van der Waals surface area contributed by atoms with Crippen LogP contribution in [0.3, 0.4) is 0 Å². The summed E-state index contributed by atoms with van der Waals surface area (Å²) in [5, 5.41) is 3.20. The minimum absolute atomic E-state index is 0.103. The summed E-state index contributed by atoms with van der Waals surface area (Å²) < 4.78 is 11.0. The summed E-state index contributed by atoms with van der Waals surface area (Å²) in [7, 11) is 0. The Bertz CT molecular complexity index is 973. The number of anilines is 1. The third-order valence-corrected chi connectivity index (χ3v) is 5.07. The van der Waals surface area contributed by atoms with Crippen LogP contribution in [-0.4, -0.2) is 29.9 Å². The van der Waals surface area contributed by atoms with Crippen LogP contribution in [0.5, 0.6) is 11.5 Å². The monoisotopic (exact) mass is 398 g/mol. The van der Waals surface area contributed by atoms with Crippen LogP contribution >= 0.6 is 11.6 Å². The number of amides is 2. The van der Waals surface area contributed by atoms with Crippen LogP contribution in [0.4, 0.5) is 5.69 Å². The number of carbonyl (C=O) groups excluding carboxylic acids is 2. The Morgan fingerprint density at radius 2 is 1.89 bits per heavy atom. The molecule has 0 aliphatic carbocycles. The number of ether oxygens (including phenoxy) is 2. The number of hydrogen-bond donors (Lipinski definition) is 1. The summed E-state index contributed by atoms with van der Waals surface area (Å²) in [4.78, 5) is 26.4. The zero-order valence-corrected chi connectivity index (χ0v) is 16.0. The van der Waals surface area contributed by atoms with E-state index in [1.54, 1.807) is 23.2 Å². The Hall–Kier alpha value is -2.99. The molecule has 1 N–H and O–H groups in total. The number of nitrogens with one attached hydrogen (secondary N) is 1. The SMILES string of the molecule is CC(=O)N1C=Cc2ccccc2C1CC(=O)Nc1cc2c(cc1Cl)OCCO2. The van der Waals surface area contributed by atoms with Crippen LogP contribution in [-0.2, 0) is 9.59 Å². The lowest BCUT2D eigenvalue weighted by Gasteiger charge is -2.32. The molecule has 1 unspecified atom stereocenters. The van der Waals surface area contributed by atoms with Crippen molar-refractivity contribution in [2.75, 3.05) is 18.5 Å². The van der Waals surface area contributed by atoms with E-state index in [0.717, 1.165) is 11.1 Å². The second-order valence-electron chi connectivity index (χ2n) is 6.61. The van der Waals surface area contributed by atoms with Gasteiger partial charge in [-0.15, -0.1) is 0 Å². The number of fused-ring (bicyclic) bond motifs is 2. The zero-order chi connectivity index (χ0) is 19.7. The molecule has 144 valence electrons. The first-order chi connectivity index (χ1) is 13.5. The molecule has 0 radical (unpaired) electrons. The number of nitrogens with zero attached hydrogens (tertiary/aromatic N) is 1. The van der Waals surface area contributed by atoms with Gasteiger partial charge in [0, 0.05) is 25.3 Å². The average Bonchev–Trinajstić information content (AvgIpc) is 2.68. The molecule has 0 spiro atoms. The Kier molecular flexibility index (Phi) is 4.96. The quantitative estimate of drug-likeness (QED) is 0.848. The van der Waals surface area contributed by atoms with Crippen LogP contribution in [0.2, 0.25) is 5.02 Å². The van der Waals surface area contributed by atoms with Gasteiger partial charge in [-0.3, -0.25) is 9.59 Å². The fourth-order valence-corrected chi connectivity index (χ4v) is 3.65. The van der Waals surface area contributed by atoms with Gasteiger partial charge < -0.3 is 19.7 Å². The summed E-state index contributed by atoms with van der Waals surface area (Å²) in [6, 6.07) is 10.6. The molecule has 2 amide bonds. The van der Waals surface area contributed by atoms with E-state index in [1.165, 1.54) is 6.92 Å². The highest BCUT2D eigenvalue weighted by atomic mass is 35.5. The first-order valence-electron chi connectivity index (χ1n) is 8.98. The largest absolute Gasteiger partial charge is 0.486 e. The van der Waals surface area contributed by atoms with Crippen LogP contribution < -0.4 is 14.8 Å². The maximum absolute atomic E-state index is 12.8. The molecule has 0 fully saturated rings. The van der Waals surface area contributed by atoms with E-state index in [2.05, 4.69) is 5.32 Å². The van der Waals surface area contributed by atoms with E-state index >= 15 is 0 Å². The van der Waals surface area contributed by atoms with E-state index in [0.29, 0.717) is 35.4 Å². The first-order valence-corrected chi connectivity index (χ1v) is 9.36. The van der Waals surface area contributed by atoms with E-state index in [-0.39, 0.29) is 24.3 Å². The molecule has 2 aromatic carbocycles. The molecule has 28 heavy (non-hydrogen) atoms. The molecule has 0 bridgehead atoms. The summed E-state index contributed by atoms with van der Waals surface area (Å²) in [5.41, 5.74) is 2.38. The molecule has 0 saturated carbocycles. The molecule has 4 rings (SSSR count). The second kappa shape index (κ2) is 7.56. The standard InChI is InChI=1S/C21H19ClN2O4/c1-13(25)24-7-6-14-4-2-3-5-15(14)18(24)12-21(26)23-17-11-20-19(10-16(17)22)27-8-9-28-20/h2-7,10-11,18H,8-9,12H2,1H3,(H,23,26). The molecule has 2 aromatic rings. The Morgan fingerprint density at radius 1 is 1.18 bits per heavy atom. The van der Waals surface area contributed by atoms with Crippen molar-refractivity contribution in [1.82, 2.24) is 4.90 Å². The summed E-state index contributed by atoms with van der Waals surface area (Å²) >= 11 is 6.28. The highest BCUT2D eigenvalue weighted by Gasteiger charge is 2.28. The van der Waals surface area contributed by atoms with Gasteiger partial charge in [0.15, 0.2) is 11.5 Å². The molecule has 1 atom stereocenters. The lowest BCUT2D eigenvalue weighted by molar-refractivity contribution is -0.129. The van der Waals surface area contributed by atoms with Gasteiger partial charge >= 0.3 is 0 Å². The molecule has 6 nitrogen and oxygen atoms in total. The highest BCUT2D eigenvalue weighted by Crippen LogP contribution is 2.38. The Morgan fingerprint density at radius 3 is 2.64 bits per heavy atom. The number of halogens is 1. The fourth-order valence-electron chi connectivity index (χ4n) is 3.45. The number of hydrogen-bond acceptors (Lipinski definition) is 4. The van der Waals surface area contributed by atoms with E-state index in [9.17, 15) is 9.59 Å². The molecular formula is C21H19ClN2O4. The van der Waals surface area contributed by atoms with E-state index in [1.807, 2.05) is 30.3 Å². The third kappa shape index (κ3) is 3.55. The minimum atomic E-state index is -0.380. The van der Waals surface area contributed by atoms with Crippen molar-refractivity contribution in [3.63, 3.8) is 0 Å². The van der Waals surface area contributed by atoms with E-state index in [4.69, 9.17) is 21.1 Å². The number of benzene rings is 2. The van der Waals surface area contributed by atoms with Crippen LogP contribution in [0.15, 0.2) is 42.6 Å². The normalized spacial score (nSPS) is 17.1. The number of carbonyl (C=O) groups is 2. The molecule has 2 aliphatic rings. The first kappa shape index (κ1) is 18.4. The maximum Gasteiger partial charge on any atom is 0.226 e. The number of rotatable bonds is 3. The van der Waals surface area contributed by atoms with Crippen LogP contribution in [0.1, 0.15) is 30.5 Å². The van der Waals surface area contributed by atoms with Gasteiger partial charge in [0.1, 0.15) is 13.2 Å². The predicted octanol–water partition coefficient (Wildman–Crippen LogP) is 4.01. The van der Waals surface area contributed by atoms with E-state index < -0.39 is 0 Å². The van der Waals surface area contributed by atoms with Crippen molar-refractivity contribution >= 4 is 35.2 Å². The van der Waals surface area contributed by atoms with Gasteiger partial charge in [-0.05, 0) is 17.2 Å². The fraction of sp³-hybridized carbons (Fsp3) is 0.238. The van der Waals surface area contributed by atoms with Crippen molar-refractivity contribution in [2.24, 2.45) is 0 Å². The topological polar surface area (TPSA) is 67.9 Å². The van der Waals surface area contributed by atoms with Crippen LogP contribution in [0.25, 0.3) is 6.08 Å². The van der Waals surface area contributed by atoms with Gasteiger partial charge in [-0.2, -0.15) is 0 Å². The minimum Gasteiger partial charge on any atom is -0.486 e. The summed E-state index contributed by atoms with van der Waals surface area (Å²) in [5.74, 6) is 0.728. The van der Waals surface area contributed by atoms with Crippen molar-refractivity contribution < 1.29 is 19.1 Å². The second-order valence-corrected chi connectivity index (χ2v) is 7.02. The summed E-state index contributed by atoms with van der Waals surface area (Å²) in [6.45, 7) is 2.40. The maximum atomic E-state index is 12.8. The molecule has 2 heterocycles. The van der Waals surface area contributed by atoms with Crippen molar-refractivity contribution in [3.8, 4) is 11.5 Å². The summed E-state index contributed by atoms with van der Waals surface area (Å²) in [6.07, 6.45) is 3.70. The lowest BCUT2D eigenvalue weighted by atomic mass is 9.93. The van der Waals surface area contributed by atoms with Gasteiger partial charge in [-0.1, -0.05) is 35.9 Å². The highest BCUT2D eigenvalue weighted by molar-refractivity contribution is 6.34. The Labute approximate surface area is 167 Å². The van der Waals surface area contributed by atoms with Crippen LogP contribution in [0, 0.1) is 0 Å². The average molecular weight is 399 g/mol.